The molecule has 1 fully saturated rings. The molecule has 134 valence electrons. The van der Waals surface area contributed by atoms with Crippen molar-refractivity contribution in [1.29, 1.82) is 10.5 Å². The number of carbonyl (C=O) groups excluding carboxylic acids is 1. The number of amides is 1. The molecular weight excluding hydrogens is 360 g/mol. The number of nitrogens with zero attached hydrogens (tertiary/aromatic N) is 5. The molecule has 1 atom stereocenters. The monoisotopic (exact) mass is 380 g/mol. The summed E-state index contributed by atoms with van der Waals surface area (Å²) in [6.07, 6.45) is 2.91. The van der Waals surface area contributed by atoms with Crippen LogP contribution < -0.4 is 5.32 Å². The van der Waals surface area contributed by atoms with Gasteiger partial charge in [0.1, 0.15) is 0 Å². The summed E-state index contributed by atoms with van der Waals surface area (Å²) in [5.74, 6) is 0.122. The Hall–Kier alpha value is -1.88. The average molecular weight is 380 g/mol. The van der Waals surface area contributed by atoms with Gasteiger partial charge in [0, 0.05) is 26.2 Å². The van der Waals surface area contributed by atoms with Crippen molar-refractivity contribution in [2.24, 2.45) is 0 Å². The standard InChI is InChI=1S/C15H20N6O2S2/c16-5-2-7-21(8-3-6-17)13(22)11-24-15-20-19-14(25-15)18-10-12-4-1-9-23-12/h12H,1-4,7-11H2,(H,18,19). The zero-order chi connectivity index (χ0) is 17.9. The molecule has 0 aliphatic carbocycles. The van der Waals surface area contributed by atoms with Crippen LogP contribution in [0, 0.1) is 22.7 Å². The molecule has 1 saturated heterocycles. The second-order valence-electron chi connectivity index (χ2n) is 5.37. The van der Waals surface area contributed by atoms with Crippen molar-refractivity contribution in [3.8, 4) is 12.1 Å². The SMILES string of the molecule is N#CCCN(CCC#N)C(=O)CSc1nnc(NCC2CCCO2)s1. The minimum atomic E-state index is -0.0976. The lowest BCUT2D eigenvalue weighted by molar-refractivity contribution is -0.128. The molecule has 0 saturated carbocycles. The summed E-state index contributed by atoms with van der Waals surface area (Å²) < 4.78 is 6.26. The minimum absolute atomic E-state index is 0.0976. The quantitative estimate of drug-likeness (QED) is 0.612. The first-order valence-electron chi connectivity index (χ1n) is 8.06. The Bertz CT molecular complexity index is 615. The lowest BCUT2D eigenvalue weighted by Crippen LogP contribution is -2.34. The van der Waals surface area contributed by atoms with E-state index >= 15 is 0 Å². The summed E-state index contributed by atoms with van der Waals surface area (Å²) in [6.45, 7) is 2.23. The number of thioether (sulfide) groups is 1. The topological polar surface area (TPSA) is 115 Å². The Balaban J connectivity index is 1.76. The highest BCUT2D eigenvalue weighted by molar-refractivity contribution is 8.01. The van der Waals surface area contributed by atoms with Crippen molar-refractivity contribution in [1.82, 2.24) is 15.1 Å². The number of hydrogen-bond donors (Lipinski definition) is 1. The Labute approximate surface area is 155 Å². The van der Waals surface area contributed by atoms with Crippen LogP contribution in [0.25, 0.3) is 0 Å². The number of aromatic nitrogens is 2. The van der Waals surface area contributed by atoms with Crippen molar-refractivity contribution in [2.45, 2.75) is 36.1 Å². The van der Waals surface area contributed by atoms with Gasteiger partial charge in [-0.15, -0.1) is 10.2 Å². The van der Waals surface area contributed by atoms with Crippen molar-refractivity contribution in [3.05, 3.63) is 0 Å². The fourth-order valence-electron chi connectivity index (χ4n) is 2.29. The predicted octanol–water partition coefficient (Wildman–Crippen LogP) is 1.88. The number of nitrogens with one attached hydrogen (secondary N) is 1. The third kappa shape index (κ3) is 6.86. The molecule has 0 spiro atoms. The van der Waals surface area contributed by atoms with Crippen LogP contribution in [0.2, 0.25) is 0 Å². The molecule has 0 aromatic carbocycles. The molecule has 0 bridgehead atoms. The lowest BCUT2D eigenvalue weighted by Gasteiger charge is -2.19. The van der Waals surface area contributed by atoms with E-state index in [1.54, 1.807) is 4.90 Å². The van der Waals surface area contributed by atoms with Crippen molar-refractivity contribution >= 4 is 34.1 Å². The molecule has 1 aromatic rings. The Morgan fingerprint density at radius 1 is 1.36 bits per heavy atom. The van der Waals surface area contributed by atoms with Crippen molar-refractivity contribution < 1.29 is 9.53 Å². The third-order valence-corrected chi connectivity index (χ3v) is 5.57. The normalized spacial score (nSPS) is 16.2. The van der Waals surface area contributed by atoms with Gasteiger partial charge in [-0.1, -0.05) is 23.1 Å². The maximum atomic E-state index is 12.2. The molecule has 25 heavy (non-hydrogen) atoms. The third-order valence-electron chi connectivity index (χ3n) is 3.57. The molecule has 1 aromatic heterocycles. The first-order valence-corrected chi connectivity index (χ1v) is 9.86. The van der Waals surface area contributed by atoms with Crippen LogP contribution in [0.4, 0.5) is 5.13 Å². The van der Waals surface area contributed by atoms with E-state index in [0.29, 0.717) is 24.0 Å². The Kier molecular flexibility index (Phi) is 8.46. The van der Waals surface area contributed by atoms with Crippen molar-refractivity contribution in [2.75, 3.05) is 37.3 Å². The molecule has 1 N–H and O–H groups in total. The summed E-state index contributed by atoms with van der Waals surface area (Å²) >= 11 is 2.72. The highest BCUT2D eigenvalue weighted by Crippen LogP contribution is 2.26. The van der Waals surface area contributed by atoms with Gasteiger partial charge in [0.2, 0.25) is 11.0 Å². The van der Waals surface area contributed by atoms with E-state index in [-0.39, 0.29) is 30.6 Å². The second-order valence-corrected chi connectivity index (χ2v) is 7.57. The highest BCUT2D eigenvalue weighted by Gasteiger charge is 2.17. The summed E-state index contributed by atoms with van der Waals surface area (Å²) in [6, 6.07) is 4.04. The Morgan fingerprint density at radius 3 is 2.76 bits per heavy atom. The first kappa shape index (κ1) is 19.4. The number of anilines is 1. The van der Waals surface area contributed by atoms with E-state index in [1.165, 1.54) is 23.1 Å². The van der Waals surface area contributed by atoms with Crippen LogP contribution in [0.3, 0.4) is 0 Å². The number of hydrogen-bond acceptors (Lipinski definition) is 9. The molecule has 0 radical (unpaired) electrons. The van der Waals surface area contributed by atoms with E-state index < -0.39 is 0 Å². The van der Waals surface area contributed by atoms with E-state index in [9.17, 15) is 4.79 Å². The number of carbonyl (C=O) groups is 1. The van der Waals surface area contributed by atoms with Crippen LogP contribution in [0.5, 0.6) is 0 Å². The van der Waals surface area contributed by atoms with E-state index in [0.717, 1.165) is 24.6 Å². The summed E-state index contributed by atoms with van der Waals surface area (Å²) in [4.78, 5) is 13.8. The largest absolute Gasteiger partial charge is 0.376 e. The molecular formula is C15H20N6O2S2. The van der Waals surface area contributed by atoms with Crippen LogP contribution in [-0.4, -0.2) is 59.1 Å². The Morgan fingerprint density at radius 2 is 2.12 bits per heavy atom. The molecule has 2 heterocycles. The summed E-state index contributed by atoms with van der Waals surface area (Å²) in [5, 5.41) is 29.4. The van der Waals surface area contributed by atoms with Crippen LogP contribution in [0.1, 0.15) is 25.7 Å². The molecule has 10 heteroatoms. The van der Waals surface area contributed by atoms with Gasteiger partial charge in [0.05, 0.1) is 36.8 Å². The van der Waals surface area contributed by atoms with Gasteiger partial charge >= 0.3 is 0 Å². The van der Waals surface area contributed by atoms with Gasteiger partial charge in [-0.3, -0.25) is 4.79 Å². The second kappa shape index (κ2) is 10.9. The molecule has 8 nitrogen and oxygen atoms in total. The van der Waals surface area contributed by atoms with Gasteiger partial charge in [-0.25, -0.2) is 0 Å². The van der Waals surface area contributed by atoms with E-state index in [4.69, 9.17) is 15.3 Å². The van der Waals surface area contributed by atoms with Crippen LogP contribution in [0.15, 0.2) is 4.34 Å². The highest BCUT2D eigenvalue weighted by atomic mass is 32.2. The van der Waals surface area contributed by atoms with Gasteiger partial charge in [-0.05, 0) is 12.8 Å². The maximum absolute atomic E-state index is 12.2. The predicted molar refractivity (Wildman–Crippen MR) is 95.1 cm³/mol. The fraction of sp³-hybridized carbons (Fsp3) is 0.667. The summed E-state index contributed by atoms with van der Waals surface area (Å²) in [5.41, 5.74) is 0. The van der Waals surface area contributed by atoms with Gasteiger partial charge in [0.15, 0.2) is 4.34 Å². The zero-order valence-electron chi connectivity index (χ0n) is 13.8. The van der Waals surface area contributed by atoms with Gasteiger partial charge in [-0.2, -0.15) is 10.5 Å². The van der Waals surface area contributed by atoms with Gasteiger partial charge in [0.25, 0.3) is 0 Å². The molecule has 1 aliphatic rings. The fourth-order valence-corrected chi connectivity index (χ4v) is 3.95. The number of nitriles is 2. The van der Waals surface area contributed by atoms with Crippen LogP contribution >= 0.6 is 23.1 Å². The number of ether oxygens (including phenoxy) is 1. The average Bonchev–Trinajstić information content (AvgIpc) is 3.29. The lowest BCUT2D eigenvalue weighted by atomic mass is 10.2. The molecule has 1 unspecified atom stereocenters. The minimum Gasteiger partial charge on any atom is -0.376 e. The maximum Gasteiger partial charge on any atom is 0.233 e. The number of rotatable bonds is 10. The zero-order valence-corrected chi connectivity index (χ0v) is 15.4. The smallest absolute Gasteiger partial charge is 0.233 e. The summed E-state index contributed by atoms with van der Waals surface area (Å²) in [7, 11) is 0. The van der Waals surface area contributed by atoms with Gasteiger partial charge < -0.3 is 15.0 Å². The van der Waals surface area contributed by atoms with E-state index in [1.807, 2.05) is 12.1 Å². The van der Waals surface area contributed by atoms with Crippen molar-refractivity contribution in [3.63, 3.8) is 0 Å². The molecule has 1 amide bonds. The first-order chi connectivity index (χ1) is 12.2. The molecule has 1 aliphatic heterocycles. The van der Waals surface area contributed by atoms with Crippen LogP contribution in [-0.2, 0) is 9.53 Å². The van der Waals surface area contributed by atoms with E-state index in [2.05, 4.69) is 15.5 Å². The molecule has 2 rings (SSSR count).